The Morgan fingerprint density at radius 3 is 1.21 bits per heavy atom. The van der Waals surface area contributed by atoms with Crippen molar-refractivity contribution in [1.82, 2.24) is 23.9 Å². The van der Waals surface area contributed by atoms with Crippen LogP contribution in [-0.2, 0) is 0 Å². The number of aliphatic hydroxyl groups is 1. The Morgan fingerprint density at radius 1 is 0.369 bits per heavy atom. The maximum absolute atomic E-state index is 8.32. The standard InChI is InChI=1S/C14H28S3.C12H10S3.C9H11NS2.C8H8S3.C8H8S2.C6H7NS2.C6H12S3.2C5H6N2S2.C5H10S3.C4H8OS3.C4H8S3.C3H6S3/c1-3-4-5-6-7-8-9-10-11-12-13-17-14(15)16-2;1-14-12(13)15-11-8-4-6-9-5-2-3-7-10(9)11;1-10(9(11)12-2)8-6-4-3-5-7-8;1-10-8(9)11-7-5-3-2-4-6-7;1-10-8(9)7-5-3-2-4-6-7;1-9-6(8)7-4-2-3-5-7;1-3-4-5-9-6(7)8-2;1-9-5(8)7-3-2-6-4-7;1-9-5(8)7-4-2-3-6-7;1-4(2)8-5(6)7-3;1-7-4(6)8-3-2-5;1-3-7-4(5)6-2;1-5-3(4)6-2/h3-13H2,1-2H3;2-8H,1H3;3-7H,1-2H3;2-6H,1H3;2-6H,1H3;2-5H,1H3;3-5H2,1-2H3;2*2-4H,1H3;4H,1-3H3;5H,2-3H2,1H3;3H2,1-2H3;1-2H3. The van der Waals surface area contributed by atoms with Crippen LogP contribution in [0.1, 0.15) is 117 Å². The molecule has 0 radical (unpaired) electrons. The van der Waals surface area contributed by atoms with E-state index in [9.17, 15) is 0 Å². The average Bonchev–Trinajstić information content (AvgIpc) is 0.937. The summed E-state index contributed by atoms with van der Waals surface area (Å²) in [5.74, 6) is 4.23. The van der Waals surface area contributed by atoms with Crippen molar-refractivity contribution < 1.29 is 5.11 Å². The van der Waals surface area contributed by atoms with E-state index in [-0.39, 0.29) is 6.61 Å². The van der Waals surface area contributed by atoms with Crippen molar-refractivity contribution in [2.75, 3.05) is 129 Å². The lowest BCUT2D eigenvalue weighted by Gasteiger charge is -2.17. The lowest BCUT2D eigenvalue weighted by Crippen LogP contribution is -2.20. The Hall–Kier alpha value is 2.34. The second-order valence-corrected chi connectivity index (χ2v) is 56.3. The number of benzene rings is 5. The Balaban J connectivity index is -0.000000438. The lowest BCUT2D eigenvalue weighted by atomic mass is 10.1. The Morgan fingerprint density at radius 2 is 0.800 bits per heavy atom. The maximum Gasteiger partial charge on any atom is 0.160 e. The van der Waals surface area contributed by atoms with Crippen LogP contribution in [0, 0.1) is 0 Å². The molecule has 3 heterocycles. The van der Waals surface area contributed by atoms with Crippen LogP contribution in [0.15, 0.2) is 205 Å². The molecule has 0 amide bonds. The van der Waals surface area contributed by atoms with Gasteiger partial charge in [0.05, 0.1) is 10.8 Å². The highest BCUT2D eigenvalue weighted by Gasteiger charge is 2.07. The predicted octanol–water partition coefficient (Wildman–Crippen LogP) is 36.2. The zero-order chi connectivity index (χ0) is 98.8. The van der Waals surface area contributed by atoms with Gasteiger partial charge < -0.3 is 14.6 Å². The monoisotopic (exact) mass is 2380 g/mol. The minimum absolute atomic E-state index is 0.214. The van der Waals surface area contributed by atoms with Crippen LogP contribution in [0.2, 0.25) is 0 Å². The highest BCUT2D eigenvalue weighted by atomic mass is 32.3. The summed E-state index contributed by atoms with van der Waals surface area (Å²) in [5, 5.41) is 15.4. The fourth-order valence-corrected chi connectivity index (χ4v) is 21.4. The molecule has 0 saturated heterocycles. The van der Waals surface area contributed by atoms with Gasteiger partial charge in [-0.2, -0.15) is 5.10 Å². The molecular formula is C89H128N6OS34. The van der Waals surface area contributed by atoms with Crippen molar-refractivity contribution in [2.45, 2.75) is 127 Å². The number of thiocarbonyl (C=S) groups is 13. The van der Waals surface area contributed by atoms with E-state index in [1.807, 2.05) is 231 Å². The molecule has 3 aromatic heterocycles. The molecule has 0 spiro atoms. The summed E-state index contributed by atoms with van der Waals surface area (Å²) in [6.07, 6.45) is 57.2. The van der Waals surface area contributed by atoms with Crippen LogP contribution in [-0.4, -0.2) is 208 Å². The van der Waals surface area contributed by atoms with Gasteiger partial charge >= 0.3 is 0 Å². The quantitative estimate of drug-likeness (QED) is 0.0397. The van der Waals surface area contributed by atoms with Gasteiger partial charge in [-0.05, 0) is 183 Å². The van der Waals surface area contributed by atoms with Crippen molar-refractivity contribution >= 4 is 472 Å². The molecular weight excluding hydrogens is 2260 g/mol. The third-order valence-corrected chi connectivity index (χ3v) is 41.9. The van der Waals surface area contributed by atoms with Gasteiger partial charge in [0, 0.05) is 70.7 Å². The number of unbranched alkanes of at least 4 members (excludes halogenated alkanes) is 10. The number of thioether (sulfide) groups is 21. The van der Waals surface area contributed by atoms with Gasteiger partial charge in [0.2, 0.25) is 0 Å². The molecule has 7 nitrogen and oxygen atoms in total. The van der Waals surface area contributed by atoms with Gasteiger partial charge in [0.25, 0.3) is 0 Å². The summed E-state index contributed by atoms with van der Waals surface area (Å²) < 4.78 is 17.8. The summed E-state index contributed by atoms with van der Waals surface area (Å²) in [6.45, 7) is 11.1. The first kappa shape index (κ1) is 141. The van der Waals surface area contributed by atoms with Crippen molar-refractivity contribution in [3.05, 3.63) is 201 Å². The maximum atomic E-state index is 8.32. The summed E-state index contributed by atoms with van der Waals surface area (Å²) in [4.78, 5) is 8.31. The average molecular weight is 2390 g/mol. The summed E-state index contributed by atoms with van der Waals surface area (Å²) in [7, 11) is 1.98. The number of hydrogen-bond acceptors (Lipinski definition) is 37. The van der Waals surface area contributed by atoms with Crippen molar-refractivity contribution in [3.8, 4) is 0 Å². The van der Waals surface area contributed by atoms with Gasteiger partial charge in [-0.3, -0.25) is 4.57 Å². The van der Waals surface area contributed by atoms with E-state index in [1.54, 1.807) is 228 Å². The molecule has 0 unspecified atom stereocenters. The first-order valence-electron chi connectivity index (χ1n) is 39.7. The van der Waals surface area contributed by atoms with Crippen molar-refractivity contribution in [2.24, 2.45) is 0 Å². The molecule has 5 aromatic carbocycles. The predicted molar refractivity (Wildman–Crippen MR) is 703 cm³/mol. The van der Waals surface area contributed by atoms with Gasteiger partial charge in [0.15, 0.2) is 4.32 Å². The molecule has 8 aromatic rings. The first-order chi connectivity index (χ1) is 62.5. The topological polar surface area (TPSA) is 64.0 Å². The molecule has 130 heavy (non-hydrogen) atoms. The Kier molecular flexibility index (Phi) is 113. The molecule has 0 aliphatic heterocycles. The van der Waals surface area contributed by atoms with E-state index >= 15 is 0 Å². The number of imidazole rings is 1. The van der Waals surface area contributed by atoms with E-state index in [2.05, 4.69) is 106 Å². The van der Waals surface area contributed by atoms with Crippen LogP contribution < -0.4 is 4.90 Å². The van der Waals surface area contributed by atoms with Gasteiger partial charge in [-0.25, -0.2) is 9.67 Å². The molecule has 41 heteroatoms. The van der Waals surface area contributed by atoms with Crippen LogP contribution >= 0.6 is 406 Å². The minimum atomic E-state index is 0.214. The first-order valence-corrected chi connectivity index (χ1v) is 68.6. The van der Waals surface area contributed by atoms with E-state index in [1.165, 1.54) is 144 Å². The SMILES string of the molecule is CCCCCCCCCCCCSC(=S)SC.CCCCSC(=S)SC.CCSC(=S)SC.CSC(=S)N(C)c1ccccc1.CSC(=S)SC.CSC(=S)SC(C)C.CSC(=S)SCCO.CSC(=S)Sc1cccc2ccccc12.CSC(=S)Sc1ccccc1.CSC(=S)c1ccccc1.CSC(=S)n1cccc1.CSC(=S)n1cccn1.CSC(=S)n1ccnc1. The van der Waals surface area contributed by atoms with Crippen LogP contribution in [0.25, 0.3) is 10.8 Å². The Labute approximate surface area is 944 Å². The number of aromatic nitrogens is 5. The van der Waals surface area contributed by atoms with Gasteiger partial charge in [0.1, 0.15) is 47.5 Å². The Bertz CT molecular complexity index is 4050. The van der Waals surface area contributed by atoms with E-state index in [0.29, 0.717) is 5.25 Å². The highest BCUT2D eigenvalue weighted by Crippen LogP contribution is 2.32. The molecule has 0 aliphatic rings. The third kappa shape index (κ3) is 88.1. The van der Waals surface area contributed by atoms with E-state index < -0.39 is 0 Å². The summed E-state index contributed by atoms with van der Waals surface area (Å²) in [5.41, 5.74) is 2.28. The second-order valence-electron chi connectivity index (χ2n) is 23.9. The fraction of sp³-hybridized carbons (Fsp3) is 0.427. The summed E-state index contributed by atoms with van der Waals surface area (Å²) in [6, 6.07) is 50.8. The number of rotatable bonds is 22. The zero-order valence-electron chi connectivity index (χ0n) is 77.6. The molecule has 0 bridgehead atoms. The normalized spacial score (nSPS) is 9.68. The number of fused-ring (bicyclic) bond motifs is 1. The van der Waals surface area contributed by atoms with E-state index in [4.69, 9.17) is 164 Å². The third-order valence-electron chi connectivity index (χ3n) is 14.3. The highest BCUT2D eigenvalue weighted by molar-refractivity contribution is 8.50. The van der Waals surface area contributed by atoms with Gasteiger partial charge in [-0.1, -0.05) is 420 Å². The largest absolute Gasteiger partial charge is 0.396 e. The number of aliphatic hydroxyl groups excluding tert-OH is 1. The van der Waals surface area contributed by atoms with Crippen LogP contribution in [0.4, 0.5) is 5.69 Å². The molecule has 0 fully saturated rings. The van der Waals surface area contributed by atoms with Crippen LogP contribution in [0.3, 0.4) is 0 Å². The van der Waals surface area contributed by atoms with Crippen LogP contribution in [0.5, 0.6) is 0 Å². The molecule has 8 rings (SSSR count). The molecule has 0 aliphatic carbocycles. The molecule has 0 saturated carbocycles. The number of para-hydroxylation sites is 1. The van der Waals surface area contributed by atoms with Crippen molar-refractivity contribution in [3.63, 3.8) is 0 Å². The van der Waals surface area contributed by atoms with Crippen molar-refractivity contribution in [1.29, 1.82) is 0 Å². The smallest absolute Gasteiger partial charge is 0.160 e. The fourth-order valence-electron chi connectivity index (χ4n) is 7.98. The zero-order valence-corrected chi connectivity index (χ0v) is 105. The molecule has 1 N–H and O–H groups in total. The lowest BCUT2D eigenvalue weighted by molar-refractivity contribution is 0.323. The number of anilines is 1. The number of nitrogens with zero attached hydrogens (tertiary/aromatic N) is 6. The molecule has 0 atom stereocenters. The second kappa shape index (κ2) is 104. The molecule has 724 valence electrons. The van der Waals surface area contributed by atoms with Gasteiger partial charge in [-0.15, -0.1) is 188 Å². The summed E-state index contributed by atoms with van der Waals surface area (Å²) >= 11 is 99.5. The number of hydrogen-bond donors (Lipinski definition) is 1. The van der Waals surface area contributed by atoms with E-state index in [0.717, 1.165) is 72.5 Å². The minimum Gasteiger partial charge on any atom is -0.396 e.